The van der Waals surface area contributed by atoms with Gasteiger partial charge in [-0.05, 0) is 55.5 Å². The number of hydrogen-bond acceptors (Lipinski definition) is 6. The number of methoxy groups -OCH3 is 1. The minimum absolute atomic E-state index is 0.0301. The van der Waals surface area contributed by atoms with Crippen LogP contribution in [0.1, 0.15) is 46.2 Å². The second-order valence-electron chi connectivity index (χ2n) is 9.39. The van der Waals surface area contributed by atoms with Crippen LogP contribution in [0.4, 0.5) is 4.48 Å². The maximum atomic E-state index is 14.9. The highest BCUT2D eigenvalue weighted by atomic mass is 35.5. The fourth-order valence-corrected chi connectivity index (χ4v) is 5.29. The lowest BCUT2D eigenvalue weighted by molar-refractivity contribution is -0.157. The monoisotopic (exact) mass is 526 g/mol. The number of carbonyl (C=O) groups excluding carboxylic acids is 4. The molecule has 3 aromatic rings. The van der Waals surface area contributed by atoms with Crippen molar-refractivity contribution in [2.45, 2.75) is 44.9 Å². The second kappa shape index (κ2) is 9.59. The Kier molecular flexibility index (Phi) is 6.45. The van der Waals surface area contributed by atoms with E-state index in [2.05, 4.69) is 4.98 Å². The van der Waals surface area contributed by atoms with E-state index in [1.165, 1.54) is 35.8 Å². The van der Waals surface area contributed by atoms with Gasteiger partial charge in [0.15, 0.2) is 11.5 Å². The number of benzene rings is 1. The van der Waals surface area contributed by atoms with Gasteiger partial charge < -0.3 is 14.2 Å². The van der Waals surface area contributed by atoms with Gasteiger partial charge in [-0.3, -0.25) is 14.4 Å². The third-order valence-electron chi connectivity index (χ3n) is 6.93. The maximum absolute atomic E-state index is 14.9. The molecule has 2 amide bonds. The summed E-state index contributed by atoms with van der Waals surface area (Å²) in [5.41, 5.74) is 1.18. The van der Waals surface area contributed by atoms with Crippen LogP contribution in [0, 0.1) is 5.92 Å². The number of carbonyl (C=O) groups is 4. The van der Waals surface area contributed by atoms with Gasteiger partial charge in [-0.1, -0.05) is 28.2 Å². The van der Waals surface area contributed by atoms with Gasteiger partial charge in [0.2, 0.25) is 5.91 Å². The van der Waals surface area contributed by atoms with E-state index in [0.29, 0.717) is 28.0 Å². The lowest BCUT2D eigenvalue weighted by Crippen LogP contribution is -2.48. The van der Waals surface area contributed by atoms with Crippen LogP contribution >= 0.6 is 11.6 Å². The number of esters is 1. The van der Waals surface area contributed by atoms with Crippen LogP contribution in [0.25, 0.3) is 11.0 Å². The Morgan fingerprint density at radius 1 is 1.19 bits per heavy atom. The van der Waals surface area contributed by atoms with Crippen molar-refractivity contribution in [1.29, 1.82) is 0 Å². The van der Waals surface area contributed by atoms with E-state index in [1.807, 2.05) is 0 Å². The van der Waals surface area contributed by atoms with Gasteiger partial charge >= 0.3 is 5.97 Å². The summed E-state index contributed by atoms with van der Waals surface area (Å²) in [6.45, 7) is 0.890. The van der Waals surface area contributed by atoms with Crippen LogP contribution in [0.2, 0.25) is 5.02 Å². The molecule has 11 heteroatoms. The number of Topliss-reactive ketones (excluding diaryl/α,β-unsaturated/α-hetero) is 1. The molecule has 9 nitrogen and oxygen atoms in total. The summed E-state index contributed by atoms with van der Waals surface area (Å²) < 4.78 is 21.2. The quantitative estimate of drug-likeness (QED) is 0.265. The molecule has 3 heterocycles. The number of fused-ring (bicyclic) bond motifs is 2. The molecule has 2 fully saturated rings. The maximum Gasteiger partial charge on any atom is 0.356 e. The van der Waals surface area contributed by atoms with Crippen molar-refractivity contribution in [2.75, 3.05) is 7.11 Å². The molecule has 1 aliphatic heterocycles. The predicted octanol–water partition coefficient (Wildman–Crippen LogP) is 3.58. The van der Waals surface area contributed by atoms with Crippen LogP contribution < -0.4 is 0 Å². The fourth-order valence-electron chi connectivity index (χ4n) is 5.08. The highest BCUT2D eigenvalue weighted by Crippen LogP contribution is 2.48. The average Bonchev–Trinajstić information content (AvgIpc) is 3.38. The smallest absolute Gasteiger partial charge is 0.356 e. The molecule has 3 atom stereocenters. The number of halogens is 2. The Balaban J connectivity index is 1.39. The number of ether oxygens (including phenoxy) is 1. The zero-order valence-corrected chi connectivity index (χ0v) is 20.9. The number of pyridine rings is 1. The Morgan fingerprint density at radius 3 is 2.68 bits per heavy atom. The summed E-state index contributed by atoms with van der Waals surface area (Å²) in [6.07, 6.45) is 2.66. The van der Waals surface area contributed by atoms with Crippen molar-refractivity contribution >= 4 is 46.2 Å². The Morgan fingerprint density at radius 2 is 1.97 bits per heavy atom. The number of hydrogen-bond donors (Lipinski definition) is 0. The Labute approximate surface area is 216 Å². The molecule has 2 aliphatic rings. The third-order valence-corrected chi connectivity index (χ3v) is 7.16. The molecule has 2 aromatic heterocycles. The number of piperidine rings is 1. The Bertz CT molecular complexity index is 1440. The summed E-state index contributed by atoms with van der Waals surface area (Å²) in [7, 11) is 1.23. The molecular formula is C26H24ClFN4O5. The van der Waals surface area contributed by atoms with Crippen molar-refractivity contribution < 1.29 is 28.4 Å². The number of amides is 2. The van der Waals surface area contributed by atoms with Crippen LogP contribution in [-0.4, -0.2) is 62.3 Å². The molecule has 0 N–H and O–H groups in total. The molecule has 1 saturated carbocycles. The zero-order valence-electron chi connectivity index (χ0n) is 20.2. The molecule has 1 saturated heterocycles. The number of aromatic nitrogens is 2. The van der Waals surface area contributed by atoms with Crippen molar-refractivity contribution in [2.24, 2.45) is 5.92 Å². The van der Waals surface area contributed by atoms with Crippen molar-refractivity contribution in [3.05, 3.63) is 64.4 Å². The lowest BCUT2D eigenvalue weighted by Gasteiger charge is -2.28. The van der Waals surface area contributed by atoms with Crippen LogP contribution in [0.15, 0.2) is 42.6 Å². The number of ketones is 1. The minimum atomic E-state index is -0.923. The summed E-state index contributed by atoms with van der Waals surface area (Å²) in [5, 5.41) is 1.05. The van der Waals surface area contributed by atoms with Crippen molar-refractivity contribution in [3.63, 3.8) is 0 Å². The van der Waals surface area contributed by atoms with E-state index in [4.69, 9.17) is 16.3 Å². The van der Waals surface area contributed by atoms with Gasteiger partial charge in [0.05, 0.1) is 13.7 Å². The highest BCUT2D eigenvalue weighted by Gasteiger charge is 2.56. The van der Waals surface area contributed by atoms with Crippen LogP contribution in [0.3, 0.4) is 0 Å². The van der Waals surface area contributed by atoms with E-state index in [-0.39, 0.29) is 47.3 Å². The fraction of sp³-hybridized carbons (Fsp3) is 0.346. The molecule has 5 rings (SSSR count). The van der Waals surface area contributed by atoms with Gasteiger partial charge in [0, 0.05) is 28.2 Å². The Hall–Kier alpha value is -3.79. The summed E-state index contributed by atoms with van der Waals surface area (Å²) in [6, 6.07) is 8.56. The third kappa shape index (κ3) is 4.69. The molecule has 0 bridgehead atoms. The van der Waals surface area contributed by atoms with Gasteiger partial charge in [-0.2, -0.15) is 5.12 Å². The van der Waals surface area contributed by atoms with Crippen molar-refractivity contribution in [1.82, 2.24) is 19.6 Å². The normalized spacial score (nSPS) is 20.0. The van der Waals surface area contributed by atoms with E-state index in [0.717, 1.165) is 6.42 Å². The number of rotatable bonds is 7. The molecule has 0 unspecified atom stereocenters. The summed E-state index contributed by atoms with van der Waals surface area (Å²) >= 11 is 5.97. The predicted molar refractivity (Wildman–Crippen MR) is 131 cm³/mol. The summed E-state index contributed by atoms with van der Waals surface area (Å²) in [5.74, 6) is -1.91. The zero-order chi connectivity index (χ0) is 26.4. The number of likely N-dealkylation sites (tertiary alicyclic amines) is 1. The van der Waals surface area contributed by atoms with E-state index < -0.39 is 23.8 Å². The van der Waals surface area contributed by atoms with Crippen LogP contribution in [0.5, 0.6) is 0 Å². The van der Waals surface area contributed by atoms with Crippen molar-refractivity contribution in [3.8, 4) is 0 Å². The topological polar surface area (TPSA) is 102 Å². The molecule has 1 aliphatic carbocycles. The first-order chi connectivity index (χ1) is 17.7. The first kappa shape index (κ1) is 24.9. The van der Waals surface area contributed by atoms with Crippen LogP contribution in [-0.2, 0) is 27.4 Å². The van der Waals surface area contributed by atoms with E-state index in [1.54, 1.807) is 30.3 Å². The van der Waals surface area contributed by atoms with Gasteiger partial charge in [0.1, 0.15) is 18.2 Å². The standard InChI is InChI=1S/C26H24ClFN4O5/c1-14(33)19-12-30(24-18(19)6-7-20(29-24)26(36)37-2)13-23(34)32-21-9-16(21)10-22(32)25(35)31(28)11-15-4-3-5-17(27)8-15/h3-8,12,16,21-22H,9-11,13H2,1-2H3/t16-,21-,22+/m1/s1. The molecule has 1 aromatic carbocycles. The first-order valence-corrected chi connectivity index (χ1v) is 12.2. The highest BCUT2D eigenvalue weighted by molar-refractivity contribution is 6.30. The SMILES string of the molecule is COC(=O)c1ccc2c(C(C)=O)cn(CC(=O)N3[C@@H]4C[C@@H]4C[C@H]3C(=O)N(F)Cc3cccc(Cl)c3)c2n1. The van der Waals surface area contributed by atoms with Gasteiger partial charge in [0.25, 0.3) is 5.91 Å². The number of nitrogens with zero attached hydrogens (tertiary/aromatic N) is 4. The van der Waals surface area contributed by atoms with Gasteiger partial charge in [-0.25, -0.2) is 9.78 Å². The first-order valence-electron chi connectivity index (χ1n) is 11.8. The molecule has 37 heavy (non-hydrogen) atoms. The average molecular weight is 527 g/mol. The minimum Gasteiger partial charge on any atom is -0.464 e. The largest absolute Gasteiger partial charge is 0.464 e. The second-order valence-corrected chi connectivity index (χ2v) is 9.83. The molecule has 0 radical (unpaired) electrons. The summed E-state index contributed by atoms with van der Waals surface area (Å²) in [4.78, 5) is 56.5. The van der Waals surface area contributed by atoms with E-state index in [9.17, 15) is 23.7 Å². The van der Waals surface area contributed by atoms with E-state index >= 15 is 0 Å². The lowest BCUT2D eigenvalue weighted by atomic mass is 10.1. The molecule has 192 valence electrons. The molecular weight excluding hydrogens is 503 g/mol. The molecule has 0 spiro atoms. The van der Waals surface area contributed by atoms with Gasteiger partial charge in [-0.15, -0.1) is 0 Å².